The maximum Gasteiger partial charge on any atom is 0.248 e. The Labute approximate surface area is 151 Å². The zero-order valence-corrected chi connectivity index (χ0v) is 16.2. The molecule has 0 N–H and O–H groups in total. The molecule has 2 unspecified atom stereocenters. The van der Waals surface area contributed by atoms with Gasteiger partial charge in [0, 0.05) is 13.2 Å². The predicted molar refractivity (Wildman–Crippen MR) is 98.7 cm³/mol. The lowest BCUT2D eigenvalue weighted by Crippen LogP contribution is -2.38. The number of para-hydroxylation sites is 1. The van der Waals surface area contributed by atoms with Crippen LogP contribution < -0.4 is 4.43 Å². The average Bonchev–Trinajstić information content (AvgIpc) is 3.50. The third-order valence-corrected chi connectivity index (χ3v) is 8.06. The Hall–Kier alpha value is -0.923. The molecular formula is C19H30O5Si. The third kappa shape index (κ3) is 7.88. The van der Waals surface area contributed by atoms with Gasteiger partial charge in [-0.1, -0.05) is 18.2 Å². The van der Waals surface area contributed by atoms with Crippen molar-refractivity contribution in [2.24, 2.45) is 0 Å². The van der Waals surface area contributed by atoms with Gasteiger partial charge < -0.3 is 23.4 Å². The van der Waals surface area contributed by atoms with E-state index in [2.05, 4.69) is 6.55 Å². The second-order valence-corrected chi connectivity index (χ2v) is 11.2. The standard InChI is InChI=1S/C19H30O5Si/c1-25(24-17-7-3-2-4-8-17,11-5-9-20-13-18-15-22-18)12-6-10-21-14-19-16-23-19/h2-4,7-8,18-19H,5-6,9-16H2,1H3. The summed E-state index contributed by atoms with van der Waals surface area (Å²) in [4.78, 5) is 0. The van der Waals surface area contributed by atoms with Crippen molar-refractivity contribution in [3.8, 4) is 5.75 Å². The summed E-state index contributed by atoms with van der Waals surface area (Å²) in [5.41, 5.74) is 0. The van der Waals surface area contributed by atoms with Gasteiger partial charge in [-0.3, -0.25) is 0 Å². The van der Waals surface area contributed by atoms with Crippen molar-refractivity contribution in [2.45, 2.75) is 43.7 Å². The van der Waals surface area contributed by atoms with E-state index in [-0.39, 0.29) is 0 Å². The molecule has 5 nitrogen and oxygen atoms in total. The van der Waals surface area contributed by atoms with E-state index in [4.69, 9.17) is 23.4 Å². The lowest BCUT2D eigenvalue weighted by molar-refractivity contribution is 0.115. The molecule has 3 rings (SSSR count). The molecular weight excluding hydrogens is 336 g/mol. The van der Waals surface area contributed by atoms with Crippen molar-refractivity contribution < 1.29 is 23.4 Å². The van der Waals surface area contributed by atoms with Gasteiger partial charge in [-0.05, 0) is 43.6 Å². The minimum Gasteiger partial charge on any atom is -0.544 e. The second-order valence-electron chi connectivity index (χ2n) is 7.13. The normalized spacial score (nSPS) is 23.9. The van der Waals surface area contributed by atoms with Crippen LogP contribution in [0.4, 0.5) is 0 Å². The number of hydrogen-bond donors (Lipinski definition) is 0. The second kappa shape index (κ2) is 9.69. The molecule has 2 saturated heterocycles. The first-order valence-corrected chi connectivity index (χ1v) is 12.2. The molecule has 0 radical (unpaired) electrons. The number of ether oxygens (including phenoxy) is 4. The van der Waals surface area contributed by atoms with Crippen LogP contribution in [0.5, 0.6) is 5.75 Å². The minimum atomic E-state index is -1.84. The van der Waals surface area contributed by atoms with E-state index < -0.39 is 8.32 Å². The van der Waals surface area contributed by atoms with Crippen molar-refractivity contribution in [2.75, 3.05) is 39.6 Å². The zero-order valence-electron chi connectivity index (χ0n) is 15.2. The quantitative estimate of drug-likeness (QED) is 0.287. The Balaban J connectivity index is 1.39. The Bertz CT molecular complexity index is 468. The van der Waals surface area contributed by atoms with E-state index >= 15 is 0 Å². The van der Waals surface area contributed by atoms with Crippen LogP contribution in [-0.2, 0) is 18.9 Å². The van der Waals surface area contributed by atoms with Crippen molar-refractivity contribution in [1.82, 2.24) is 0 Å². The summed E-state index contributed by atoms with van der Waals surface area (Å²) < 4.78 is 28.2. The summed E-state index contributed by atoms with van der Waals surface area (Å²) in [6, 6.07) is 12.4. The minimum absolute atomic E-state index is 0.344. The van der Waals surface area contributed by atoms with Crippen LogP contribution in [0.25, 0.3) is 0 Å². The number of rotatable bonds is 14. The van der Waals surface area contributed by atoms with Crippen molar-refractivity contribution in [1.29, 1.82) is 0 Å². The predicted octanol–water partition coefficient (Wildman–Crippen LogP) is 3.25. The molecule has 1 aromatic carbocycles. The Morgan fingerprint density at radius 2 is 1.44 bits per heavy atom. The molecule has 2 atom stereocenters. The van der Waals surface area contributed by atoms with E-state index in [9.17, 15) is 0 Å². The van der Waals surface area contributed by atoms with Crippen LogP contribution in [0.1, 0.15) is 12.8 Å². The largest absolute Gasteiger partial charge is 0.544 e. The fourth-order valence-corrected chi connectivity index (χ4v) is 5.80. The van der Waals surface area contributed by atoms with Crippen LogP contribution >= 0.6 is 0 Å². The van der Waals surface area contributed by atoms with Gasteiger partial charge in [0.05, 0.1) is 26.4 Å². The Kier molecular flexibility index (Phi) is 7.31. The van der Waals surface area contributed by atoms with Gasteiger partial charge >= 0.3 is 0 Å². The highest BCUT2D eigenvalue weighted by molar-refractivity contribution is 6.73. The molecule has 140 valence electrons. The van der Waals surface area contributed by atoms with E-state index in [1.165, 1.54) is 0 Å². The third-order valence-electron chi connectivity index (χ3n) is 4.51. The van der Waals surface area contributed by atoms with Crippen LogP contribution in [-0.4, -0.2) is 60.2 Å². The van der Waals surface area contributed by atoms with Gasteiger partial charge in [-0.25, -0.2) is 0 Å². The molecule has 6 heteroatoms. The molecule has 0 amide bonds. The first-order chi connectivity index (χ1) is 12.2. The Morgan fingerprint density at radius 1 is 0.920 bits per heavy atom. The summed E-state index contributed by atoms with van der Waals surface area (Å²) in [7, 11) is -1.84. The smallest absolute Gasteiger partial charge is 0.248 e. The maximum atomic E-state index is 6.46. The maximum absolute atomic E-state index is 6.46. The van der Waals surface area contributed by atoms with E-state index in [0.29, 0.717) is 12.2 Å². The first kappa shape index (κ1) is 18.9. The summed E-state index contributed by atoms with van der Waals surface area (Å²) in [6.07, 6.45) is 2.77. The lowest BCUT2D eigenvalue weighted by atomic mass is 10.3. The van der Waals surface area contributed by atoms with Crippen molar-refractivity contribution in [3.63, 3.8) is 0 Å². The van der Waals surface area contributed by atoms with Crippen LogP contribution in [0.2, 0.25) is 18.6 Å². The van der Waals surface area contributed by atoms with Crippen LogP contribution in [0.15, 0.2) is 30.3 Å². The summed E-state index contributed by atoms with van der Waals surface area (Å²) in [6.45, 7) is 7.08. The van der Waals surface area contributed by atoms with Gasteiger partial charge in [0.2, 0.25) is 8.32 Å². The van der Waals surface area contributed by atoms with Crippen molar-refractivity contribution in [3.05, 3.63) is 30.3 Å². The molecule has 0 aromatic heterocycles. The van der Waals surface area contributed by atoms with Gasteiger partial charge in [0.25, 0.3) is 0 Å². The summed E-state index contributed by atoms with van der Waals surface area (Å²) >= 11 is 0. The topological polar surface area (TPSA) is 52.8 Å². The lowest BCUT2D eigenvalue weighted by Gasteiger charge is -2.28. The molecule has 2 fully saturated rings. The monoisotopic (exact) mass is 366 g/mol. The fraction of sp³-hybridized carbons (Fsp3) is 0.684. The van der Waals surface area contributed by atoms with Gasteiger partial charge in [0.1, 0.15) is 18.0 Å². The highest BCUT2D eigenvalue weighted by atomic mass is 28.4. The van der Waals surface area contributed by atoms with Gasteiger partial charge in [-0.15, -0.1) is 0 Å². The average molecular weight is 367 g/mol. The molecule has 25 heavy (non-hydrogen) atoms. The highest BCUT2D eigenvalue weighted by Gasteiger charge is 2.31. The molecule has 2 aliphatic rings. The molecule has 0 aliphatic carbocycles. The number of epoxide rings is 2. The van der Waals surface area contributed by atoms with Gasteiger partial charge in [-0.2, -0.15) is 0 Å². The molecule has 2 aliphatic heterocycles. The van der Waals surface area contributed by atoms with E-state index in [1.807, 2.05) is 30.3 Å². The SMILES string of the molecule is C[Si](CCCOCC1CO1)(CCCOCC1CO1)Oc1ccccc1. The summed E-state index contributed by atoms with van der Waals surface area (Å²) in [5.74, 6) is 0.983. The van der Waals surface area contributed by atoms with Gasteiger partial charge in [0.15, 0.2) is 0 Å². The fourth-order valence-electron chi connectivity index (χ4n) is 2.85. The Morgan fingerprint density at radius 3 is 1.92 bits per heavy atom. The van der Waals surface area contributed by atoms with Crippen molar-refractivity contribution >= 4 is 8.32 Å². The first-order valence-electron chi connectivity index (χ1n) is 9.36. The van der Waals surface area contributed by atoms with E-state index in [0.717, 1.165) is 70.3 Å². The molecule has 0 bridgehead atoms. The van der Waals surface area contributed by atoms with Crippen LogP contribution in [0.3, 0.4) is 0 Å². The van der Waals surface area contributed by atoms with Crippen LogP contribution in [0, 0.1) is 0 Å². The highest BCUT2D eigenvalue weighted by Crippen LogP contribution is 2.25. The summed E-state index contributed by atoms with van der Waals surface area (Å²) in [5, 5.41) is 0. The molecule has 0 spiro atoms. The number of benzene rings is 1. The zero-order chi connectivity index (χ0) is 17.4. The van der Waals surface area contributed by atoms with E-state index in [1.54, 1.807) is 0 Å². The number of hydrogen-bond acceptors (Lipinski definition) is 5. The molecule has 0 saturated carbocycles. The molecule has 1 aromatic rings. The molecule has 2 heterocycles.